The smallest absolute Gasteiger partial charge is 0.410 e. The monoisotopic (exact) mass is 412 g/mol. The fraction of sp³-hybridized carbons (Fsp3) is 0.455. The summed E-state index contributed by atoms with van der Waals surface area (Å²) in [4.78, 5) is 33.8. The molecule has 0 atom stereocenters. The highest BCUT2D eigenvalue weighted by atomic mass is 16.6. The number of nitrogens with zero attached hydrogens (tertiary/aromatic N) is 3. The fourth-order valence-corrected chi connectivity index (χ4v) is 3.17. The van der Waals surface area contributed by atoms with Crippen LogP contribution in [0, 0.1) is 0 Å². The number of ether oxygens (including phenoxy) is 2. The maximum absolute atomic E-state index is 12.4. The molecule has 1 aliphatic heterocycles. The van der Waals surface area contributed by atoms with E-state index in [1.165, 1.54) is 23.5 Å². The molecule has 0 radical (unpaired) electrons. The SMILES string of the molecule is CNC(=O)c1cnc(OCc2ccc3c(c2)CCN(C(=O)OC(C)(C)C)CC3)cn1. The van der Waals surface area contributed by atoms with E-state index in [-0.39, 0.29) is 17.7 Å². The van der Waals surface area contributed by atoms with E-state index in [9.17, 15) is 9.59 Å². The van der Waals surface area contributed by atoms with Gasteiger partial charge in [0.2, 0.25) is 5.88 Å². The maximum atomic E-state index is 12.4. The van der Waals surface area contributed by atoms with Gasteiger partial charge in [-0.1, -0.05) is 18.2 Å². The Morgan fingerprint density at radius 2 is 1.83 bits per heavy atom. The van der Waals surface area contributed by atoms with Crippen molar-refractivity contribution < 1.29 is 19.1 Å². The van der Waals surface area contributed by atoms with E-state index in [2.05, 4.69) is 27.4 Å². The number of rotatable bonds is 4. The van der Waals surface area contributed by atoms with Crippen molar-refractivity contribution in [2.75, 3.05) is 20.1 Å². The molecule has 1 aromatic heterocycles. The quantitative estimate of drug-likeness (QED) is 0.830. The number of aromatic nitrogens is 2. The average molecular weight is 412 g/mol. The summed E-state index contributed by atoms with van der Waals surface area (Å²) in [5.41, 5.74) is 3.20. The van der Waals surface area contributed by atoms with Gasteiger partial charge in [0.25, 0.3) is 5.91 Å². The Morgan fingerprint density at radius 1 is 1.10 bits per heavy atom. The first-order valence-electron chi connectivity index (χ1n) is 10.0. The third-order valence-electron chi connectivity index (χ3n) is 4.70. The van der Waals surface area contributed by atoms with Crippen LogP contribution >= 0.6 is 0 Å². The molecule has 8 heteroatoms. The summed E-state index contributed by atoms with van der Waals surface area (Å²) in [5, 5.41) is 2.50. The normalized spacial score (nSPS) is 13.8. The van der Waals surface area contributed by atoms with Crippen LogP contribution in [0.4, 0.5) is 4.79 Å². The number of carbonyl (C=O) groups excluding carboxylic acids is 2. The molecule has 2 amide bonds. The molecule has 0 spiro atoms. The minimum absolute atomic E-state index is 0.240. The van der Waals surface area contributed by atoms with Gasteiger partial charge in [-0.2, -0.15) is 0 Å². The fourth-order valence-electron chi connectivity index (χ4n) is 3.17. The second-order valence-electron chi connectivity index (χ2n) is 8.18. The number of hydrogen-bond donors (Lipinski definition) is 1. The highest BCUT2D eigenvalue weighted by molar-refractivity contribution is 5.91. The second kappa shape index (κ2) is 9.11. The van der Waals surface area contributed by atoms with Gasteiger partial charge in [-0.25, -0.2) is 14.8 Å². The summed E-state index contributed by atoms with van der Waals surface area (Å²) in [7, 11) is 1.54. The van der Waals surface area contributed by atoms with E-state index < -0.39 is 5.60 Å². The molecule has 3 rings (SSSR count). The van der Waals surface area contributed by atoms with Crippen molar-refractivity contribution in [1.29, 1.82) is 0 Å². The second-order valence-corrected chi connectivity index (χ2v) is 8.18. The van der Waals surface area contributed by atoms with Crippen molar-refractivity contribution >= 4 is 12.0 Å². The van der Waals surface area contributed by atoms with Crippen LogP contribution in [-0.2, 0) is 24.2 Å². The summed E-state index contributed by atoms with van der Waals surface area (Å²) in [6.07, 6.45) is 4.12. The van der Waals surface area contributed by atoms with Crippen molar-refractivity contribution in [2.45, 2.75) is 45.8 Å². The molecule has 0 fully saturated rings. The lowest BCUT2D eigenvalue weighted by molar-refractivity contribution is 0.0258. The molecule has 0 saturated heterocycles. The third kappa shape index (κ3) is 5.68. The van der Waals surface area contributed by atoms with Gasteiger partial charge in [-0.15, -0.1) is 0 Å². The van der Waals surface area contributed by atoms with Gasteiger partial charge in [0.15, 0.2) is 0 Å². The molecule has 30 heavy (non-hydrogen) atoms. The van der Waals surface area contributed by atoms with Gasteiger partial charge in [0, 0.05) is 20.1 Å². The van der Waals surface area contributed by atoms with Gasteiger partial charge in [0.1, 0.15) is 17.9 Å². The first kappa shape index (κ1) is 21.5. The van der Waals surface area contributed by atoms with Crippen LogP contribution in [0.1, 0.15) is 48.0 Å². The van der Waals surface area contributed by atoms with E-state index in [1.54, 1.807) is 11.9 Å². The lowest BCUT2D eigenvalue weighted by Crippen LogP contribution is -2.38. The number of amides is 2. The summed E-state index contributed by atoms with van der Waals surface area (Å²) in [6.45, 7) is 7.24. The van der Waals surface area contributed by atoms with Gasteiger partial charge in [-0.05, 0) is 50.3 Å². The molecule has 160 valence electrons. The Hall–Kier alpha value is -3.16. The zero-order chi connectivity index (χ0) is 21.7. The van der Waals surface area contributed by atoms with Crippen LogP contribution < -0.4 is 10.1 Å². The molecular weight excluding hydrogens is 384 g/mol. The van der Waals surface area contributed by atoms with Gasteiger partial charge in [0.05, 0.1) is 12.4 Å². The summed E-state index contributed by atoms with van der Waals surface area (Å²) >= 11 is 0. The minimum atomic E-state index is -0.498. The van der Waals surface area contributed by atoms with Crippen molar-refractivity contribution in [2.24, 2.45) is 0 Å². The number of hydrogen-bond acceptors (Lipinski definition) is 6. The van der Waals surface area contributed by atoms with Gasteiger partial charge < -0.3 is 19.7 Å². The van der Waals surface area contributed by atoms with Crippen LogP contribution in [0.15, 0.2) is 30.6 Å². The van der Waals surface area contributed by atoms with Crippen molar-refractivity contribution in [3.05, 3.63) is 53.0 Å². The predicted octanol–water partition coefficient (Wildman–Crippen LogP) is 2.75. The van der Waals surface area contributed by atoms with Gasteiger partial charge in [-0.3, -0.25) is 4.79 Å². The van der Waals surface area contributed by atoms with E-state index in [1.807, 2.05) is 26.8 Å². The molecule has 0 aliphatic carbocycles. The highest BCUT2D eigenvalue weighted by Gasteiger charge is 2.24. The summed E-state index contributed by atoms with van der Waals surface area (Å²) in [5.74, 6) is 0.0638. The zero-order valence-electron chi connectivity index (χ0n) is 17.9. The number of carbonyl (C=O) groups is 2. The molecular formula is C22H28N4O4. The molecule has 0 unspecified atom stereocenters. The standard InChI is InChI=1S/C22H28N4O4/c1-22(2,3)30-21(28)26-9-7-16-6-5-15(11-17(16)8-10-26)14-29-19-13-24-18(12-25-19)20(27)23-4/h5-6,11-13H,7-10,14H2,1-4H3,(H,23,27). The number of benzene rings is 1. The first-order chi connectivity index (χ1) is 14.2. The van der Waals surface area contributed by atoms with E-state index >= 15 is 0 Å². The Morgan fingerprint density at radius 3 is 2.47 bits per heavy atom. The van der Waals surface area contributed by atoms with Crippen molar-refractivity contribution in [3.8, 4) is 5.88 Å². The predicted molar refractivity (Wildman–Crippen MR) is 111 cm³/mol. The molecule has 2 aromatic rings. The van der Waals surface area contributed by atoms with E-state index in [4.69, 9.17) is 9.47 Å². The third-order valence-corrected chi connectivity index (χ3v) is 4.70. The molecule has 1 N–H and O–H groups in total. The zero-order valence-corrected chi connectivity index (χ0v) is 17.9. The van der Waals surface area contributed by atoms with Gasteiger partial charge >= 0.3 is 6.09 Å². The largest absolute Gasteiger partial charge is 0.472 e. The molecule has 0 saturated carbocycles. The highest BCUT2D eigenvalue weighted by Crippen LogP contribution is 2.20. The molecule has 8 nitrogen and oxygen atoms in total. The molecule has 1 aliphatic rings. The maximum Gasteiger partial charge on any atom is 0.410 e. The Bertz CT molecular complexity index is 906. The number of fused-ring (bicyclic) bond motifs is 1. The Balaban J connectivity index is 1.60. The topological polar surface area (TPSA) is 93.7 Å². The summed E-state index contributed by atoms with van der Waals surface area (Å²) in [6, 6.07) is 6.22. The van der Waals surface area contributed by atoms with Crippen LogP contribution in [0.2, 0.25) is 0 Å². The number of nitrogens with one attached hydrogen (secondary N) is 1. The van der Waals surface area contributed by atoms with Crippen LogP contribution in [0.25, 0.3) is 0 Å². The van der Waals surface area contributed by atoms with E-state index in [0.717, 1.165) is 18.4 Å². The average Bonchev–Trinajstić information content (AvgIpc) is 2.93. The minimum Gasteiger partial charge on any atom is -0.472 e. The Kier molecular flexibility index (Phi) is 6.54. The molecule has 1 aromatic carbocycles. The van der Waals surface area contributed by atoms with Crippen LogP contribution in [0.3, 0.4) is 0 Å². The lowest BCUT2D eigenvalue weighted by atomic mass is 10.0. The van der Waals surface area contributed by atoms with Crippen LogP contribution in [0.5, 0.6) is 5.88 Å². The van der Waals surface area contributed by atoms with E-state index in [0.29, 0.717) is 25.6 Å². The lowest BCUT2D eigenvalue weighted by Gasteiger charge is -2.26. The van der Waals surface area contributed by atoms with Crippen LogP contribution in [-0.4, -0.2) is 52.6 Å². The summed E-state index contributed by atoms with van der Waals surface area (Å²) < 4.78 is 11.2. The van der Waals surface area contributed by atoms with Crippen molar-refractivity contribution in [3.63, 3.8) is 0 Å². The first-order valence-corrected chi connectivity index (χ1v) is 10.0. The van der Waals surface area contributed by atoms with Crippen molar-refractivity contribution in [1.82, 2.24) is 20.2 Å². The molecule has 2 heterocycles. The molecule has 0 bridgehead atoms. The Labute approximate surface area is 176 Å².